The van der Waals surface area contributed by atoms with Gasteiger partial charge in [0.2, 0.25) is 0 Å². The first-order valence-electron chi connectivity index (χ1n) is 9.51. The summed E-state index contributed by atoms with van der Waals surface area (Å²) in [6, 6.07) is 0. The van der Waals surface area contributed by atoms with E-state index >= 15 is 0 Å². The molecule has 128 valence electrons. The molecule has 2 aliphatic carbocycles. The SMILES string of the molecule is CC/C=C(\C)CC[C@@H]1[C@@](C)(O)CCC2C(C)(C)CCC[C@]21C. The van der Waals surface area contributed by atoms with Crippen molar-refractivity contribution in [1.29, 1.82) is 0 Å². The zero-order valence-corrected chi connectivity index (χ0v) is 15.8. The van der Waals surface area contributed by atoms with E-state index in [0.717, 1.165) is 31.6 Å². The Morgan fingerprint density at radius 1 is 1.14 bits per heavy atom. The molecule has 1 N–H and O–H groups in total. The first kappa shape index (κ1) is 18.0. The predicted molar refractivity (Wildman–Crippen MR) is 95.9 cm³/mol. The molecule has 1 heteroatoms. The first-order chi connectivity index (χ1) is 10.1. The van der Waals surface area contributed by atoms with Crippen LogP contribution in [0.4, 0.5) is 0 Å². The van der Waals surface area contributed by atoms with Crippen molar-refractivity contribution in [3.05, 3.63) is 11.6 Å². The summed E-state index contributed by atoms with van der Waals surface area (Å²) in [5, 5.41) is 11.1. The van der Waals surface area contributed by atoms with Gasteiger partial charge in [-0.05, 0) is 81.5 Å². The molecule has 2 saturated carbocycles. The molecule has 0 heterocycles. The molecule has 0 aromatic heterocycles. The van der Waals surface area contributed by atoms with E-state index in [4.69, 9.17) is 0 Å². The highest BCUT2D eigenvalue weighted by atomic mass is 16.3. The van der Waals surface area contributed by atoms with Crippen LogP contribution in [0.3, 0.4) is 0 Å². The molecule has 0 aromatic rings. The van der Waals surface area contributed by atoms with Gasteiger partial charge in [-0.25, -0.2) is 0 Å². The zero-order valence-electron chi connectivity index (χ0n) is 15.8. The molecule has 2 aliphatic rings. The number of rotatable bonds is 4. The molecule has 0 aliphatic heterocycles. The van der Waals surface area contributed by atoms with Gasteiger partial charge in [0.15, 0.2) is 0 Å². The van der Waals surface area contributed by atoms with Gasteiger partial charge in [0.25, 0.3) is 0 Å². The molecule has 0 radical (unpaired) electrons. The van der Waals surface area contributed by atoms with Crippen LogP contribution in [0.5, 0.6) is 0 Å². The van der Waals surface area contributed by atoms with Gasteiger partial charge in [0.05, 0.1) is 5.60 Å². The molecular weight excluding hydrogens is 268 g/mol. The molecule has 4 atom stereocenters. The molecule has 0 saturated heterocycles. The monoisotopic (exact) mass is 306 g/mol. The average Bonchev–Trinajstić information content (AvgIpc) is 2.36. The third-order valence-electron chi connectivity index (χ3n) is 7.14. The van der Waals surface area contributed by atoms with Crippen LogP contribution in [0, 0.1) is 22.7 Å². The lowest BCUT2D eigenvalue weighted by atomic mass is 9.45. The smallest absolute Gasteiger partial charge is 0.0653 e. The Balaban J connectivity index is 2.24. The predicted octanol–water partition coefficient (Wildman–Crippen LogP) is 6.12. The highest BCUT2D eigenvalue weighted by molar-refractivity contribution is 5.09. The topological polar surface area (TPSA) is 20.2 Å². The summed E-state index contributed by atoms with van der Waals surface area (Å²) in [5.74, 6) is 1.22. The van der Waals surface area contributed by atoms with Crippen molar-refractivity contribution in [3.63, 3.8) is 0 Å². The van der Waals surface area contributed by atoms with E-state index in [1.54, 1.807) is 0 Å². The van der Waals surface area contributed by atoms with E-state index in [9.17, 15) is 5.11 Å². The fraction of sp³-hybridized carbons (Fsp3) is 0.905. The van der Waals surface area contributed by atoms with Crippen LogP contribution < -0.4 is 0 Å². The van der Waals surface area contributed by atoms with Crippen LogP contribution in [0.25, 0.3) is 0 Å². The van der Waals surface area contributed by atoms with Crippen molar-refractivity contribution in [2.24, 2.45) is 22.7 Å². The fourth-order valence-electron chi connectivity index (χ4n) is 6.09. The third kappa shape index (κ3) is 3.30. The van der Waals surface area contributed by atoms with E-state index in [1.807, 2.05) is 0 Å². The largest absolute Gasteiger partial charge is 0.390 e. The van der Waals surface area contributed by atoms with Gasteiger partial charge in [-0.3, -0.25) is 0 Å². The van der Waals surface area contributed by atoms with E-state index in [0.29, 0.717) is 16.7 Å². The minimum atomic E-state index is -0.481. The Bertz CT molecular complexity index is 418. The summed E-state index contributed by atoms with van der Waals surface area (Å²) in [4.78, 5) is 0. The summed E-state index contributed by atoms with van der Waals surface area (Å²) < 4.78 is 0. The van der Waals surface area contributed by atoms with Crippen LogP contribution in [0.2, 0.25) is 0 Å². The second kappa shape index (κ2) is 6.30. The van der Waals surface area contributed by atoms with Crippen LogP contribution in [-0.2, 0) is 0 Å². The lowest BCUT2D eigenvalue weighted by Gasteiger charge is -2.61. The van der Waals surface area contributed by atoms with Gasteiger partial charge in [-0.15, -0.1) is 0 Å². The van der Waals surface area contributed by atoms with Gasteiger partial charge in [-0.2, -0.15) is 0 Å². The molecule has 0 amide bonds. The van der Waals surface area contributed by atoms with Crippen LogP contribution in [0.15, 0.2) is 11.6 Å². The second-order valence-corrected chi connectivity index (χ2v) is 9.35. The van der Waals surface area contributed by atoms with Crippen molar-refractivity contribution in [1.82, 2.24) is 0 Å². The standard InChI is InChI=1S/C21H38O/c1-7-9-16(2)10-11-18-20(5)14-8-13-19(3,4)17(20)12-15-21(18,6)22/h9,17-18,22H,7-8,10-15H2,1-6H3/b16-9+/t17?,18-,20+,21-/m0/s1. The molecule has 2 fully saturated rings. The Labute approximate surface area is 138 Å². The van der Waals surface area contributed by atoms with E-state index < -0.39 is 5.60 Å². The lowest BCUT2D eigenvalue weighted by Crippen LogP contribution is -2.57. The molecule has 22 heavy (non-hydrogen) atoms. The number of allylic oxidation sites excluding steroid dienone is 2. The Hall–Kier alpha value is -0.300. The maximum Gasteiger partial charge on any atom is 0.0653 e. The third-order valence-corrected chi connectivity index (χ3v) is 7.14. The molecule has 1 nitrogen and oxygen atoms in total. The molecule has 0 bridgehead atoms. The number of hydrogen-bond donors (Lipinski definition) is 1. The summed E-state index contributed by atoms with van der Waals surface area (Å²) in [6.07, 6.45) is 12.0. The molecular formula is C21H38O. The van der Waals surface area contributed by atoms with Crippen molar-refractivity contribution < 1.29 is 5.11 Å². The van der Waals surface area contributed by atoms with E-state index in [1.165, 1.54) is 31.3 Å². The summed E-state index contributed by atoms with van der Waals surface area (Å²) in [7, 11) is 0. The minimum absolute atomic E-state index is 0.315. The number of fused-ring (bicyclic) bond motifs is 1. The average molecular weight is 307 g/mol. The maximum absolute atomic E-state index is 11.1. The summed E-state index contributed by atoms with van der Waals surface area (Å²) in [6.45, 7) is 14.0. The highest BCUT2D eigenvalue weighted by Gasteiger charge is 2.57. The Kier molecular flexibility index (Phi) is 5.17. The Morgan fingerprint density at radius 2 is 1.82 bits per heavy atom. The van der Waals surface area contributed by atoms with Gasteiger partial charge < -0.3 is 5.11 Å². The van der Waals surface area contributed by atoms with Crippen LogP contribution in [0.1, 0.15) is 92.9 Å². The van der Waals surface area contributed by atoms with Crippen LogP contribution in [-0.4, -0.2) is 10.7 Å². The van der Waals surface area contributed by atoms with Gasteiger partial charge in [0, 0.05) is 0 Å². The Morgan fingerprint density at radius 3 is 2.45 bits per heavy atom. The maximum atomic E-state index is 11.1. The normalized spacial score (nSPS) is 42.0. The van der Waals surface area contributed by atoms with E-state index in [2.05, 4.69) is 47.6 Å². The van der Waals surface area contributed by atoms with Gasteiger partial charge >= 0.3 is 0 Å². The van der Waals surface area contributed by atoms with Crippen molar-refractivity contribution in [3.8, 4) is 0 Å². The van der Waals surface area contributed by atoms with Gasteiger partial charge in [0.1, 0.15) is 0 Å². The van der Waals surface area contributed by atoms with Crippen molar-refractivity contribution in [2.75, 3.05) is 0 Å². The molecule has 1 unspecified atom stereocenters. The van der Waals surface area contributed by atoms with Crippen molar-refractivity contribution >= 4 is 0 Å². The molecule has 0 aromatic carbocycles. The first-order valence-corrected chi connectivity index (χ1v) is 9.51. The lowest BCUT2D eigenvalue weighted by molar-refractivity contribution is -0.168. The van der Waals surface area contributed by atoms with Gasteiger partial charge in [-0.1, -0.05) is 45.8 Å². The highest BCUT2D eigenvalue weighted by Crippen LogP contribution is 2.62. The molecule has 0 spiro atoms. The molecule has 2 rings (SSSR count). The number of aliphatic hydroxyl groups is 1. The summed E-state index contributed by atoms with van der Waals surface area (Å²) >= 11 is 0. The minimum Gasteiger partial charge on any atom is -0.390 e. The zero-order chi connectivity index (χ0) is 16.6. The van der Waals surface area contributed by atoms with E-state index in [-0.39, 0.29) is 0 Å². The summed E-state index contributed by atoms with van der Waals surface area (Å²) in [5.41, 5.74) is 1.77. The second-order valence-electron chi connectivity index (χ2n) is 9.35. The number of hydrogen-bond acceptors (Lipinski definition) is 1. The fourth-order valence-corrected chi connectivity index (χ4v) is 6.09. The quantitative estimate of drug-likeness (QED) is 0.621. The van der Waals surface area contributed by atoms with Crippen LogP contribution >= 0.6 is 0 Å². The van der Waals surface area contributed by atoms with Crippen molar-refractivity contribution in [2.45, 2.75) is 98.5 Å².